The molecule has 80 heavy (non-hydrogen) atoms. The number of rotatable bonds is 19. The van der Waals surface area contributed by atoms with Crippen molar-refractivity contribution < 1.29 is 174 Å². The summed E-state index contributed by atoms with van der Waals surface area (Å²) in [6.45, 7) is -3.93. The summed E-state index contributed by atoms with van der Waals surface area (Å²) in [5.41, 5.74) is 0. The summed E-state index contributed by atoms with van der Waals surface area (Å²) >= 11 is 0. The quantitative estimate of drug-likeness (QED) is 0.0571. The van der Waals surface area contributed by atoms with Crippen molar-refractivity contribution in [1.82, 2.24) is 5.32 Å². The lowest BCUT2D eigenvalue weighted by molar-refractivity contribution is -0.404. The minimum Gasteiger partial charge on any atom is -0.394 e. The van der Waals surface area contributed by atoms with Gasteiger partial charge in [-0.25, -0.2) is 0 Å². The molecule has 0 aromatic carbocycles. The lowest BCUT2D eigenvalue weighted by Crippen LogP contribution is -2.71. The van der Waals surface area contributed by atoms with E-state index in [1.54, 1.807) is 0 Å². The van der Waals surface area contributed by atoms with Gasteiger partial charge in [-0.1, -0.05) is 0 Å². The molecule has 0 unspecified atom stereocenters. The highest BCUT2D eigenvalue weighted by molar-refractivity contribution is 5.73. The lowest BCUT2D eigenvalue weighted by atomic mass is 9.94. The Hall–Kier alpha value is -1.89. The molecule has 22 N–H and O–H groups in total. The van der Waals surface area contributed by atoms with Gasteiger partial charge >= 0.3 is 0 Å². The Labute approximate surface area is 452 Å². The largest absolute Gasteiger partial charge is 0.394 e. The van der Waals surface area contributed by atoms with Gasteiger partial charge < -0.3 is 174 Å². The molecule has 0 aliphatic carbocycles. The maximum Gasteiger partial charge on any atom is 0.217 e. The van der Waals surface area contributed by atoms with Crippen LogP contribution >= 0.6 is 0 Å². The zero-order valence-electron chi connectivity index (χ0n) is 42.6. The molecule has 0 radical (unpaired) electrons. The Morgan fingerprint density at radius 3 is 1.20 bits per heavy atom. The summed E-state index contributed by atoms with van der Waals surface area (Å²) in [6.07, 6.45) is -66.8. The van der Waals surface area contributed by atoms with Gasteiger partial charge in [0.05, 0.1) is 45.7 Å². The molecule has 0 aromatic heterocycles. The molecule has 7 saturated heterocycles. The molecule has 36 heteroatoms. The van der Waals surface area contributed by atoms with E-state index < -0.39 is 260 Å². The van der Waals surface area contributed by atoms with E-state index in [-0.39, 0.29) is 0 Å². The molecule has 1 amide bonds. The molecule has 466 valence electrons. The van der Waals surface area contributed by atoms with Crippen molar-refractivity contribution in [3.8, 4) is 0 Å². The van der Waals surface area contributed by atoms with Crippen LogP contribution in [0, 0.1) is 0 Å². The molecule has 7 heterocycles. The second-order valence-corrected chi connectivity index (χ2v) is 20.3. The maximum absolute atomic E-state index is 13.0. The first-order valence-electron chi connectivity index (χ1n) is 25.5. The third kappa shape index (κ3) is 13.5. The second-order valence-electron chi connectivity index (χ2n) is 20.3. The smallest absolute Gasteiger partial charge is 0.217 e. The van der Waals surface area contributed by atoms with Crippen molar-refractivity contribution in [1.29, 1.82) is 0 Å². The monoisotopic (exact) mass is 1180 g/mol. The Balaban J connectivity index is 1.17. The molecular formula is C44H75NO35. The Kier molecular flexibility index (Phi) is 23.0. The number of hydrogen-bond donors (Lipinski definition) is 22. The van der Waals surface area contributed by atoms with Gasteiger partial charge in [0.25, 0.3) is 0 Å². The Morgan fingerprint density at radius 1 is 0.325 bits per heavy atom. The highest BCUT2D eigenvalue weighted by atomic mass is 16.8. The average Bonchev–Trinajstić information content (AvgIpc) is 3.60. The van der Waals surface area contributed by atoms with E-state index in [0.29, 0.717) is 0 Å². The van der Waals surface area contributed by atoms with Crippen LogP contribution in [-0.4, -0.2) is 368 Å². The van der Waals surface area contributed by atoms with Gasteiger partial charge in [0.15, 0.2) is 44.0 Å². The molecule has 7 rings (SSSR count). The summed E-state index contributed by atoms with van der Waals surface area (Å²) < 4.78 is 74.9. The third-order valence-corrected chi connectivity index (χ3v) is 14.9. The Bertz CT molecular complexity index is 1920. The number of aliphatic hydroxyl groups excluding tert-OH is 21. The minimum absolute atomic E-state index is 0.898. The van der Waals surface area contributed by atoms with E-state index in [0.717, 1.165) is 6.92 Å². The van der Waals surface area contributed by atoms with Gasteiger partial charge in [-0.15, -0.1) is 0 Å². The summed E-state index contributed by atoms with van der Waals surface area (Å²) in [6, 6.07) is -1.91. The van der Waals surface area contributed by atoms with Crippen LogP contribution in [0.5, 0.6) is 0 Å². The van der Waals surface area contributed by atoms with Crippen LogP contribution in [0.3, 0.4) is 0 Å². The summed E-state index contributed by atoms with van der Waals surface area (Å²) in [5, 5.41) is 228. The van der Waals surface area contributed by atoms with Gasteiger partial charge in [-0.3, -0.25) is 4.79 Å². The fourth-order valence-corrected chi connectivity index (χ4v) is 10.3. The van der Waals surface area contributed by atoms with Crippen molar-refractivity contribution in [3.05, 3.63) is 0 Å². The normalized spacial score (nSPS) is 52.4. The van der Waals surface area contributed by atoms with Gasteiger partial charge in [0.2, 0.25) is 5.91 Å². The average molecular weight is 1180 g/mol. The molecule has 7 fully saturated rings. The predicted molar refractivity (Wildman–Crippen MR) is 242 cm³/mol. The molecule has 0 aromatic rings. The first kappa shape index (κ1) is 65.6. The third-order valence-electron chi connectivity index (χ3n) is 14.9. The van der Waals surface area contributed by atoms with Crippen LogP contribution in [0.25, 0.3) is 0 Å². The van der Waals surface area contributed by atoms with Crippen molar-refractivity contribution in [2.24, 2.45) is 0 Å². The minimum atomic E-state index is -2.29. The lowest BCUT2D eigenvalue weighted by Gasteiger charge is -2.51. The standard InChI is InChI=1S/C44H75NO35/c1-9-18(53)23(58)28(63)40(68-9)80-37-36(79-41-29(64)24(59)19(54)11(3-46)71-41)22(57)14(6-49)73-44(37)77-34-17(45-10(2)52)39(70-12(4-47)20(34)55)78-35-21(56)13(5-48)72-43(31(35)66)76-33-16(8-51)74-42(30(65)26(33)61)75-32-15(7-50)69-38(67)27(62)25(32)60/h9,11-44,46-51,53-67H,3-8H2,1-2H3,(H,45,52)/t9-,11+,12+,13+,14+,15+,16+,17+,18+,19-,20-,21-,22-,23+,24-,25+,26+,27+,28-,29+,30+,31+,32+,33-,34+,35-,36-,37+,38-,39-,40-,41+,42-,43+,44-/m0/s1. The predicted octanol–water partition coefficient (Wildman–Crippen LogP) is -15.1. The van der Waals surface area contributed by atoms with Crippen molar-refractivity contribution >= 4 is 5.91 Å². The number of ether oxygens (including phenoxy) is 13. The van der Waals surface area contributed by atoms with Crippen LogP contribution in [0.1, 0.15) is 13.8 Å². The van der Waals surface area contributed by atoms with E-state index in [2.05, 4.69) is 5.32 Å². The van der Waals surface area contributed by atoms with Crippen molar-refractivity contribution in [2.45, 2.75) is 229 Å². The Morgan fingerprint density at radius 2 is 0.675 bits per heavy atom. The molecule has 36 nitrogen and oxygen atoms in total. The fourth-order valence-electron chi connectivity index (χ4n) is 10.3. The molecule has 0 saturated carbocycles. The zero-order valence-corrected chi connectivity index (χ0v) is 42.6. The van der Waals surface area contributed by atoms with Crippen molar-refractivity contribution in [2.75, 3.05) is 39.6 Å². The fraction of sp³-hybridized carbons (Fsp3) is 0.977. The van der Waals surface area contributed by atoms with Gasteiger partial charge in [0, 0.05) is 6.92 Å². The summed E-state index contributed by atoms with van der Waals surface area (Å²) in [7, 11) is 0. The number of amides is 1. The van der Waals surface area contributed by atoms with E-state index in [1.165, 1.54) is 6.92 Å². The van der Waals surface area contributed by atoms with Crippen LogP contribution < -0.4 is 5.32 Å². The van der Waals surface area contributed by atoms with Gasteiger partial charge in [-0.2, -0.15) is 0 Å². The number of hydrogen-bond acceptors (Lipinski definition) is 35. The van der Waals surface area contributed by atoms with Gasteiger partial charge in [0.1, 0.15) is 165 Å². The number of aliphatic hydroxyl groups is 21. The molecule has 7 aliphatic rings. The van der Waals surface area contributed by atoms with Crippen LogP contribution in [-0.2, 0) is 66.4 Å². The molecule has 0 spiro atoms. The van der Waals surface area contributed by atoms with E-state index >= 15 is 0 Å². The molecule has 0 bridgehead atoms. The van der Waals surface area contributed by atoms with E-state index in [4.69, 9.17) is 61.6 Å². The maximum atomic E-state index is 13.0. The number of carbonyl (C=O) groups excluding carboxylic acids is 1. The van der Waals surface area contributed by atoms with E-state index in [1.807, 2.05) is 0 Å². The first-order valence-corrected chi connectivity index (χ1v) is 25.5. The zero-order chi connectivity index (χ0) is 58.9. The molecule has 35 atom stereocenters. The highest BCUT2D eigenvalue weighted by Gasteiger charge is 2.59. The second kappa shape index (κ2) is 28.1. The molecule has 7 aliphatic heterocycles. The van der Waals surface area contributed by atoms with E-state index in [9.17, 15) is 112 Å². The van der Waals surface area contributed by atoms with Gasteiger partial charge in [-0.05, 0) is 6.92 Å². The number of nitrogens with one attached hydrogen (secondary N) is 1. The molecular weight excluding hydrogens is 1100 g/mol. The summed E-state index contributed by atoms with van der Waals surface area (Å²) in [5.74, 6) is -0.934. The van der Waals surface area contributed by atoms with Crippen LogP contribution in [0.2, 0.25) is 0 Å². The highest BCUT2D eigenvalue weighted by Crippen LogP contribution is 2.39. The van der Waals surface area contributed by atoms with Crippen molar-refractivity contribution in [3.63, 3.8) is 0 Å². The summed E-state index contributed by atoms with van der Waals surface area (Å²) in [4.78, 5) is 13.0. The number of carbonyl (C=O) groups is 1. The van der Waals surface area contributed by atoms with Crippen LogP contribution in [0.4, 0.5) is 0 Å². The topological polar surface area (TPSA) is 574 Å². The first-order chi connectivity index (χ1) is 37.8. The SMILES string of the molecule is CC(=O)N[C@H]1[C@H](O[C@H]2[C@@H](O)[C@@H](CO)O[C@H](O[C@@H]3[C@H](O)[C@@H](O)[C@H](O[C@H]4[C@H](O)[C@@H](O)[C@@H](O)O[C@@H]4CO)O[C@@H]3CO)[C@@H]2O)O[C@H](CO)[C@H](O)[C@@H]1O[C@@H]1O[C@H](CO)[C@H](O)[C@H](O[C@H]2O[C@H](CO)[C@H](O)[C@H](O)[C@H]2O)[C@H]1O[C@@H]1O[C@@H](C)[C@@H](O)[C@@H](O)[C@@H]1O. The van der Waals surface area contributed by atoms with Crippen LogP contribution in [0.15, 0.2) is 0 Å².